The minimum Gasteiger partial charge on any atom is -0.356 e. The maximum Gasteiger partial charge on any atom is 0.317 e. The van der Waals surface area contributed by atoms with E-state index >= 15 is 0 Å². The molecule has 1 saturated carbocycles. The number of aromatic nitrogens is 1. The zero-order valence-corrected chi connectivity index (χ0v) is 13.3. The maximum atomic E-state index is 12.2. The van der Waals surface area contributed by atoms with E-state index in [0.29, 0.717) is 25.7 Å². The van der Waals surface area contributed by atoms with Crippen LogP contribution in [0.1, 0.15) is 31.2 Å². The van der Waals surface area contributed by atoms with Crippen LogP contribution in [-0.2, 0) is 11.2 Å². The predicted octanol–water partition coefficient (Wildman–Crippen LogP) is 1.32. The Morgan fingerprint density at radius 1 is 1.13 bits per heavy atom. The third-order valence-electron chi connectivity index (χ3n) is 4.52. The molecule has 1 aromatic heterocycles. The van der Waals surface area contributed by atoms with E-state index in [4.69, 9.17) is 0 Å². The molecular formula is C17H24N4O2. The van der Waals surface area contributed by atoms with Crippen molar-refractivity contribution in [3.8, 4) is 0 Å². The summed E-state index contributed by atoms with van der Waals surface area (Å²) in [4.78, 5) is 30.0. The van der Waals surface area contributed by atoms with Crippen molar-refractivity contribution in [2.45, 2.75) is 38.1 Å². The van der Waals surface area contributed by atoms with E-state index in [-0.39, 0.29) is 17.9 Å². The number of pyridine rings is 1. The number of amides is 3. The summed E-state index contributed by atoms with van der Waals surface area (Å²) in [6, 6.07) is 4.34. The lowest BCUT2D eigenvalue weighted by Crippen LogP contribution is -2.47. The Morgan fingerprint density at radius 2 is 1.83 bits per heavy atom. The van der Waals surface area contributed by atoms with E-state index in [2.05, 4.69) is 15.6 Å². The van der Waals surface area contributed by atoms with Gasteiger partial charge in [0, 0.05) is 44.0 Å². The highest BCUT2D eigenvalue weighted by atomic mass is 16.2. The van der Waals surface area contributed by atoms with Gasteiger partial charge in [-0.05, 0) is 49.8 Å². The molecule has 1 aliphatic carbocycles. The van der Waals surface area contributed by atoms with Crippen LogP contribution in [0, 0.1) is 5.92 Å². The number of rotatable bonds is 5. The van der Waals surface area contributed by atoms with Crippen LogP contribution in [0.2, 0.25) is 0 Å². The predicted molar refractivity (Wildman–Crippen MR) is 86.8 cm³/mol. The second kappa shape index (κ2) is 7.44. The largest absolute Gasteiger partial charge is 0.356 e. The average Bonchev–Trinajstić information content (AvgIpc) is 3.40. The normalized spacial score (nSPS) is 18.5. The molecule has 1 aliphatic heterocycles. The molecule has 0 bridgehead atoms. The maximum absolute atomic E-state index is 12.2. The van der Waals surface area contributed by atoms with E-state index in [0.717, 1.165) is 32.1 Å². The number of piperidine rings is 1. The topological polar surface area (TPSA) is 74.3 Å². The Hall–Kier alpha value is -2.11. The Balaban J connectivity index is 1.35. The van der Waals surface area contributed by atoms with E-state index < -0.39 is 0 Å². The molecule has 1 saturated heterocycles. The zero-order chi connectivity index (χ0) is 16.1. The first-order valence-electron chi connectivity index (χ1n) is 8.44. The molecule has 6 nitrogen and oxygen atoms in total. The molecule has 0 unspecified atom stereocenters. The third kappa shape index (κ3) is 4.68. The lowest BCUT2D eigenvalue weighted by atomic mass is 9.96. The molecule has 0 aromatic carbocycles. The van der Waals surface area contributed by atoms with Crippen LogP contribution in [0.5, 0.6) is 0 Å². The molecule has 0 atom stereocenters. The van der Waals surface area contributed by atoms with Crippen molar-refractivity contribution < 1.29 is 9.59 Å². The fraction of sp³-hybridized carbons (Fsp3) is 0.588. The Morgan fingerprint density at radius 3 is 2.48 bits per heavy atom. The summed E-state index contributed by atoms with van der Waals surface area (Å²) >= 11 is 0. The Kier molecular flexibility index (Phi) is 5.10. The monoisotopic (exact) mass is 316 g/mol. The standard InChI is InChI=1S/C17H24N4O2/c22-16(19-10-5-13-3-8-18-9-4-13)14-6-11-21(12-7-14)17(23)20-15-1-2-15/h3-4,8-9,14-15H,1-2,5-7,10-12H2,(H,19,22)(H,20,23). The number of hydrogen-bond acceptors (Lipinski definition) is 3. The number of hydrogen-bond donors (Lipinski definition) is 2. The molecule has 0 radical (unpaired) electrons. The molecule has 2 aliphatic rings. The van der Waals surface area contributed by atoms with Crippen LogP contribution >= 0.6 is 0 Å². The van der Waals surface area contributed by atoms with Gasteiger partial charge in [-0.15, -0.1) is 0 Å². The molecule has 3 rings (SSSR count). The summed E-state index contributed by atoms with van der Waals surface area (Å²) in [6.45, 7) is 1.98. The highest BCUT2D eigenvalue weighted by molar-refractivity contribution is 5.79. The molecular weight excluding hydrogens is 292 g/mol. The molecule has 124 valence electrons. The van der Waals surface area contributed by atoms with E-state index in [1.54, 1.807) is 12.4 Å². The van der Waals surface area contributed by atoms with Crippen LogP contribution in [0.4, 0.5) is 4.79 Å². The highest BCUT2D eigenvalue weighted by Gasteiger charge is 2.30. The number of carbonyl (C=O) groups excluding carboxylic acids is 2. The lowest BCUT2D eigenvalue weighted by molar-refractivity contribution is -0.126. The Bertz CT molecular complexity index is 537. The van der Waals surface area contributed by atoms with E-state index in [1.165, 1.54) is 5.56 Å². The van der Waals surface area contributed by atoms with Gasteiger partial charge in [0.25, 0.3) is 0 Å². The van der Waals surface area contributed by atoms with Gasteiger partial charge in [-0.2, -0.15) is 0 Å². The average molecular weight is 316 g/mol. The first-order valence-corrected chi connectivity index (χ1v) is 8.44. The fourth-order valence-corrected chi connectivity index (χ4v) is 2.86. The summed E-state index contributed by atoms with van der Waals surface area (Å²) < 4.78 is 0. The first kappa shape index (κ1) is 15.8. The van der Waals surface area contributed by atoms with Crippen LogP contribution in [0.25, 0.3) is 0 Å². The molecule has 1 aromatic rings. The third-order valence-corrected chi connectivity index (χ3v) is 4.52. The molecule has 2 N–H and O–H groups in total. The van der Waals surface area contributed by atoms with Crippen molar-refractivity contribution in [2.24, 2.45) is 5.92 Å². The van der Waals surface area contributed by atoms with Crippen molar-refractivity contribution in [3.63, 3.8) is 0 Å². The van der Waals surface area contributed by atoms with Crippen LogP contribution in [-0.4, -0.2) is 47.5 Å². The fourth-order valence-electron chi connectivity index (χ4n) is 2.86. The molecule has 6 heteroatoms. The van der Waals surface area contributed by atoms with Gasteiger partial charge in [0.05, 0.1) is 0 Å². The number of nitrogens with one attached hydrogen (secondary N) is 2. The van der Waals surface area contributed by atoms with Crippen molar-refractivity contribution in [3.05, 3.63) is 30.1 Å². The molecule has 3 amide bonds. The van der Waals surface area contributed by atoms with Crippen molar-refractivity contribution in [1.82, 2.24) is 20.5 Å². The van der Waals surface area contributed by atoms with E-state index in [1.807, 2.05) is 17.0 Å². The van der Waals surface area contributed by atoms with Crippen molar-refractivity contribution in [1.29, 1.82) is 0 Å². The summed E-state index contributed by atoms with van der Waals surface area (Å²) in [5, 5.41) is 6.01. The van der Waals surface area contributed by atoms with Crippen LogP contribution in [0.3, 0.4) is 0 Å². The second-order valence-corrected chi connectivity index (χ2v) is 6.38. The minimum absolute atomic E-state index is 0.0254. The first-order chi connectivity index (χ1) is 11.2. The van der Waals surface area contributed by atoms with E-state index in [9.17, 15) is 9.59 Å². The number of carbonyl (C=O) groups is 2. The smallest absolute Gasteiger partial charge is 0.317 e. The van der Waals surface area contributed by atoms with Gasteiger partial charge in [0.1, 0.15) is 0 Å². The molecule has 0 spiro atoms. The van der Waals surface area contributed by atoms with Gasteiger partial charge in [0.2, 0.25) is 5.91 Å². The number of urea groups is 1. The minimum atomic E-state index is 0.0254. The summed E-state index contributed by atoms with van der Waals surface area (Å²) in [6.07, 6.45) is 8.04. The molecule has 23 heavy (non-hydrogen) atoms. The quantitative estimate of drug-likeness (QED) is 0.860. The summed E-state index contributed by atoms with van der Waals surface area (Å²) in [5.41, 5.74) is 1.17. The van der Waals surface area contributed by atoms with Crippen LogP contribution < -0.4 is 10.6 Å². The number of likely N-dealkylation sites (tertiary alicyclic amines) is 1. The summed E-state index contributed by atoms with van der Waals surface area (Å²) in [5.74, 6) is 0.138. The lowest BCUT2D eigenvalue weighted by Gasteiger charge is -2.31. The van der Waals surface area contributed by atoms with Gasteiger partial charge in [-0.3, -0.25) is 9.78 Å². The second-order valence-electron chi connectivity index (χ2n) is 6.38. The van der Waals surface area contributed by atoms with Crippen molar-refractivity contribution >= 4 is 11.9 Å². The molecule has 2 fully saturated rings. The SMILES string of the molecule is O=C(NCCc1ccncc1)C1CCN(C(=O)NC2CC2)CC1. The van der Waals surface area contributed by atoms with Gasteiger partial charge >= 0.3 is 6.03 Å². The Labute approximate surface area is 136 Å². The van der Waals surface area contributed by atoms with Gasteiger partial charge in [-0.25, -0.2) is 4.79 Å². The number of nitrogens with zero attached hydrogens (tertiary/aromatic N) is 2. The zero-order valence-electron chi connectivity index (χ0n) is 13.3. The highest BCUT2D eigenvalue weighted by Crippen LogP contribution is 2.21. The van der Waals surface area contributed by atoms with Crippen LogP contribution in [0.15, 0.2) is 24.5 Å². The van der Waals surface area contributed by atoms with Gasteiger partial charge in [0.15, 0.2) is 0 Å². The summed E-state index contributed by atoms with van der Waals surface area (Å²) in [7, 11) is 0. The van der Waals surface area contributed by atoms with Gasteiger partial charge < -0.3 is 15.5 Å². The van der Waals surface area contributed by atoms with Gasteiger partial charge in [-0.1, -0.05) is 0 Å². The molecule has 2 heterocycles. The van der Waals surface area contributed by atoms with Crippen molar-refractivity contribution in [2.75, 3.05) is 19.6 Å².